The number of nitrogens with one attached hydrogen (secondary N) is 2. The predicted molar refractivity (Wildman–Crippen MR) is 98.0 cm³/mol. The molecule has 0 bridgehead atoms. The van der Waals surface area contributed by atoms with Crippen LogP contribution in [0.5, 0.6) is 17.2 Å². The van der Waals surface area contributed by atoms with Gasteiger partial charge in [0.05, 0.1) is 26.9 Å². The fourth-order valence-electron chi connectivity index (χ4n) is 3.25. The number of nitrogens with zero attached hydrogens (tertiary/aromatic N) is 2. The van der Waals surface area contributed by atoms with Crippen LogP contribution in [0.15, 0.2) is 41.4 Å². The lowest BCUT2D eigenvalue weighted by molar-refractivity contribution is -0.674. The Kier molecular flexibility index (Phi) is 3.80. The van der Waals surface area contributed by atoms with Crippen LogP contribution < -0.4 is 29.8 Å². The average Bonchev–Trinajstić information content (AvgIpc) is 3.04. The van der Waals surface area contributed by atoms with Crippen LogP contribution in [0.2, 0.25) is 0 Å². The van der Waals surface area contributed by atoms with Crippen LogP contribution in [0.1, 0.15) is 11.7 Å². The van der Waals surface area contributed by atoms with Crippen molar-refractivity contribution in [2.45, 2.75) is 6.17 Å². The van der Waals surface area contributed by atoms with Crippen molar-refractivity contribution in [3.63, 3.8) is 0 Å². The molecule has 0 spiro atoms. The summed E-state index contributed by atoms with van der Waals surface area (Å²) in [5.74, 6) is 2.88. The van der Waals surface area contributed by atoms with Gasteiger partial charge in [-0.1, -0.05) is 12.1 Å². The van der Waals surface area contributed by atoms with Gasteiger partial charge in [0.2, 0.25) is 6.17 Å². The van der Waals surface area contributed by atoms with Gasteiger partial charge in [-0.3, -0.25) is 0 Å². The van der Waals surface area contributed by atoms with E-state index >= 15 is 0 Å². The zero-order chi connectivity index (χ0) is 18.3. The molecule has 0 saturated heterocycles. The maximum absolute atomic E-state index is 6.03. The Morgan fingerprint density at radius 1 is 1.00 bits per heavy atom. The third kappa shape index (κ3) is 2.38. The van der Waals surface area contributed by atoms with Crippen molar-refractivity contribution < 1.29 is 18.8 Å². The Labute approximate surface area is 150 Å². The molecule has 0 radical (unpaired) electrons. The number of ether oxygens (including phenoxy) is 3. The molecule has 0 saturated carbocycles. The molecule has 8 heteroatoms. The van der Waals surface area contributed by atoms with Crippen LogP contribution in [0.3, 0.4) is 0 Å². The van der Waals surface area contributed by atoms with E-state index in [-0.39, 0.29) is 0 Å². The van der Waals surface area contributed by atoms with Gasteiger partial charge >= 0.3 is 5.95 Å². The fourth-order valence-corrected chi connectivity index (χ4v) is 3.25. The number of nitrogens with two attached hydrogens (primary N) is 1. The van der Waals surface area contributed by atoms with Crippen LogP contribution in [-0.2, 0) is 0 Å². The summed E-state index contributed by atoms with van der Waals surface area (Å²) in [5.41, 5.74) is 8.81. The summed E-state index contributed by atoms with van der Waals surface area (Å²) in [6, 6.07) is 11.6. The first kappa shape index (κ1) is 16.1. The van der Waals surface area contributed by atoms with Crippen molar-refractivity contribution in [1.29, 1.82) is 0 Å². The van der Waals surface area contributed by atoms with Crippen molar-refractivity contribution in [3.8, 4) is 17.2 Å². The van der Waals surface area contributed by atoms with Crippen molar-refractivity contribution >= 4 is 22.9 Å². The number of hydrogen-bond donors (Lipinski definition) is 3. The molecule has 8 nitrogen and oxygen atoms in total. The van der Waals surface area contributed by atoms with Gasteiger partial charge in [-0.05, 0) is 18.2 Å². The van der Waals surface area contributed by atoms with E-state index in [4.69, 9.17) is 19.9 Å². The van der Waals surface area contributed by atoms with E-state index in [2.05, 4.69) is 15.3 Å². The van der Waals surface area contributed by atoms with Crippen LogP contribution in [-0.4, -0.2) is 32.3 Å². The number of aliphatic imine (C=N–C) groups is 1. The van der Waals surface area contributed by atoms with Gasteiger partial charge in [0.25, 0.3) is 5.96 Å². The van der Waals surface area contributed by atoms with E-state index in [1.165, 1.54) is 0 Å². The Hall–Kier alpha value is -3.42. The van der Waals surface area contributed by atoms with Crippen LogP contribution in [0.4, 0.5) is 5.95 Å². The van der Waals surface area contributed by atoms with E-state index in [0.29, 0.717) is 23.2 Å². The fraction of sp³-hybridized carbons (Fsp3) is 0.222. The number of anilines is 1. The number of aromatic nitrogens is 2. The third-order valence-electron chi connectivity index (χ3n) is 4.42. The molecule has 0 unspecified atom stereocenters. The lowest BCUT2D eigenvalue weighted by Gasteiger charge is -2.21. The zero-order valence-electron chi connectivity index (χ0n) is 14.7. The van der Waals surface area contributed by atoms with E-state index in [9.17, 15) is 0 Å². The van der Waals surface area contributed by atoms with E-state index in [0.717, 1.165) is 22.5 Å². The van der Waals surface area contributed by atoms with Crippen LogP contribution >= 0.6 is 0 Å². The Morgan fingerprint density at radius 2 is 1.69 bits per heavy atom. The maximum atomic E-state index is 6.03. The monoisotopic (exact) mass is 354 g/mol. The first-order valence-electron chi connectivity index (χ1n) is 8.08. The van der Waals surface area contributed by atoms with Gasteiger partial charge in [-0.2, -0.15) is 4.99 Å². The smallest absolute Gasteiger partial charge is 0.365 e. The summed E-state index contributed by atoms with van der Waals surface area (Å²) < 4.78 is 18.5. The first-order valence-corrected chi connectivity index (χ1v) is 8.08. The van der Waals surface area contributed by atoms with Crippen LogP contribution in [0.25, 0.3) is 11.0 Å². The van der Waals surface area contributed by atoms with Crippen LogP contribution in [0, 0.1) is 0 Å². The molecule has 0 fully saturated rings. The largest absolute Gasteiger partial charge is 0.496 e. The Balaban J connectivity index is 1.97. The minimum absolute atomic E-state index is 0.318. The van der Waals surface area contributed by atoms with E-state index in [1.54, 1.807) is 27.4 Å². The third-order valence-corrected chi connectivity index (χ3v) is 4.42. The van der Waals surface area contributed by atoms with Crippen molar-refractivity contribution in [3.05, 3.63) is 42.0 Å². The molecule has 1 aromatic heterocycles. The molecule has 0 amide bonds. The Bertz CT molecular complexity index is 1010. The Morgan fingerprint density at radius 3 is 2.42 bits per heavy atom. The molecule has 2 aromatic carbocycles. The summed E-state index contributed by atoms with van der Waals surface area (Å²) >= 11 is 0. The lowest BCUT2D eigenvalue weighted by atomic mass is 10.1. The number of hydrogen-bond acceptors (Lipinski definition) is 6. The highest BCUT2D eigenvalue weighted by Gasteiger charge is 2.33. The number of aromatic amines is 1. The van der Waals surface area contributed by atoms with E-state index < -0.39 is 6.17 Å². The van der Waals surface area contributed by atoms with Crippen molar-refractivity contribution in [1.82, 2.24) is 4.98 Å². The molecule has 2 heterocycles. The summed E-state index contributed by atoms with van der Waals surface area (Å²) in [4.78, 5) is 7.93. The summed E-state index contributed by atoms with van der Waals surface area (Å²) in [7, 11) is 4.79. The topological polar surface area (TPSA) is 97.8 Å². The van der Waals surface area contributed by atoms with Gasteiger partial charge in [-0.25, -0.2) is 14.9 Å². The van der Waals surface area contributed by atoms with Gasteiger partial charge in [0, 0.05) is 6.07 Å². The SMILES string of the molecule is COc1cc(OC)c([C@@H]2N=C(N)Nc3[nH]c4ccccc4[n+]32)cc1OC. The lowest BCUT2D eigenvalue weighted by Crippen LogP contribution is -2.48. The van der Waals surface area contributed by atoms with Crippen molar-refractivity contribution in [2.75, 3.05) is 26.6 Å². The highest BCUT2D eigenvalue weighted by molar-refractivity contribution is 5.92. The molecule has 4 N–H and O–H groups in total. The number of fused-ring (bicyclic) bond motifs is 3. The predicted octanol–water partition coefficient (Wildman–Crippen LogP) is 1.77. The number of H-pyrrole nitrogens is 1. The van der Waals surface area contributed by atoms with Gasteiger partial charge in [0.1, 0.15) is 16.8 Å². The molecular formula is C18H20N5O3+. The number of rotatable bonds is 4. The zero-order valence-corrected chi connectivity index (χ0v) is 14.7. The summed E-state index contributed by atoms with van der Waals surface area (Å²) in [6.07, 6.45) is -0.419. The molecule has 0 aliphatic carbocycles. The number of para-hydroxylation sites is 2. The maximum Gasteiger partial charge on any atom is 0.365 e. The second-order valence-corrected chi connectivity index (χ2v) is 5.82. The van der Waals surface area contributed by atoms with Gasteiger partial charge < -0.3 is 19.9 Å². The second kappa shape index (κ2) is 6.14. The summed E-state index contributed by atoms with van der Waals surface area (Å²) in [6.45, 7) is 0. The average molecular weight is 354 g/mol. The van der Waals surface area contributed by atoms with E-state index in [1.807, 2.05) is 34.9 Å². The molecule has 3 aromatic rings. The number of benzene rings is 2. The van der Waals surface area contributed by atoms with Crippen molar-refractivity contribution in [2.24, 2.45) is 10.7 Å². The molecule has 1 atom stereocenters. The minimum atomic E-state index is -0.419. The molecule has 134 valence electrons. The normalized spacial score (nSPS) is 15.8. The molecule has 26 heavy (non-hydrogen) atoms. The number of imidazole rings is 1. The number of methoxy groups -OCH3 is 3. The summed E-state index contributed by atoms with van der Waals surface area (Å²) in [5, 5.41) is 3.08. The quantitative estimate of drug-likeness (QED) is 0.620. The molecular weight excluding hydrogens is 334 g/mol. The molecule has 1 aliphatic rings. The second-order valence-electron chi connectivity index (χ2n) is 5.82. The molecule has 1 aliphatic heterocycles. The van der Waals surface area contributed by atoms with Gasteiger partial charge in [0.15, 0.2) is 11.5 Å². The number of guanidine groups is 1. The van der Waals surface area contributed by atoms with Gasteiger partial charge in [-0.15, -0.1) is 0 Å². The minimum Gasteiger partial charge on any atom is -0.496 e. The standard InChI is InChI=1S/C18H19N5O3/c1-24-13-9-15(26-3)14(25-2)8-10(13)16-21-17(19)22-18-20-11-6-4-5-7-12(11)23(16)18/h4-9,16H,1-3H3,(H3,19,20,21,22)/p+1/t16-/m1/s1. The highest BCUT2D eigenvalue weighted by atomic mass is 16.5. The first-order chi connectivity index (χ1) is 12.7. The highest BCUT2D eigenvalue weighted by Crippen LogP contribution is 2.39. The molecule has 4 rings (SSSR count).